The van der Waals surface area contributed by atoms with Crippen LogP contribution in [0, 0.1) is 13.8 Å². The van der Waals surface area contributed by atoms with Crippen molar-refractivity contribution in [2.24, 2.45) is 0 Å². The predicted molar refractivity (Wildman–Crippen MR) is 97.1 cm³/mol. The number of sulfonamides is 1. The van der Waals surface area contributed by atoms with Crippen LogP contribution in [0.15, 0.2) is 35.2 Å². The van der Waals surface area contributed by atoms with Gasteiger partial charge in [0.05, 0.1) is 11.4 Å². The van der Waals surface area contributed by atoms with Crippen LogP contribution in [0.4, 0.5) is 0 Å². The van der Waals surface area contributed by atoms with Crippen molar-refractivity contribution in [2.45, 2.75) is 37.5 Å². The minimum Gasteiger partial charge on any atom is -0.358 e. The molecule has 2 N–H and O–H groups in total. The minimum atomic E-state index is -3.48. The number of para-hydroxylation sites is 1. The molecule has 0 unspecified atom stereocenters. The van der Waals surface area contributed by atoms with Gasteiger partial charge in [0.1, 0.15) is 4.90 Å². The van der Waals surface area contributed by atoms with Gasteiger partial charge in [-0.25, -0.2) is 8.42 Å². The fourth-order valence-corrected chi connectivity index (χ4v) is 5.57. The van der Waals surface area contributed by atoms with Gasteiger partial charge in [0.2, 0.25) is 10.0 Å². The maximum Gasteiger partial charge on any atom is 0.246 e. The Bertz CT molecular complexity index is 958. The maximum absolute atomic E-state index is 12.9. The van der Waals surface area contributed by atoms with Gasteiger partial charge in [-0.2, -0.15) is 9.40 Å². The van der Waals surface area contributed by atoms with Gasteiger partial charge < -0.3 is 4.98 Å². The standard InChI is InChI=1S/C18H22N4O2S/c1-12-18(13(2)21-20-12)25(23,24)22-9-7-14(8-10-22)17-11-15-5-3-4-6-16(15)19-17/h3-6,11,14,19H,7-10H2,1-2H3,(H,20,21). The maximum atomic E-state index is 12.9. The lowest BCUT2D eigenvalue weighted by Crippen LogP contribution is -2.38. The summed E-state index contributed by atoms with van der Waals surface area (Å²) in [7, 11) is -3.48. The van der Waals surface area contributed by atoms with Crippen molar-refractivity contribution in [3.63, 3.8) is 0 Å². The molecule has 4 rings (SSSR count). The van der Waals surface area contributed by atoms with Crippen molar-refractivity contribution in [1.29, 1.82) is 0 Å². The van der Waals surface area contributed by atoms with Crippen molar-refractivity contribution < 1.29 is 8.42 Å². The lowest BCUT2D eigenvalue weighted by Gasteiger charge is -2.30. The van der Waals surface area contributed by atoms with Gasteiger partial charge in [0.15, 0.2) is 0 Å². The van der Waals surface area contributed by atoms with Crippen molar-refractivity contribution >= 4 is 20.9 Å². The van der Waals surface area contributed by atoms with E-state index in [1.165, 1.54) is 11.1 Å². The zero-order chi connectivity index (χ0) is 17.6. The first-order valence-electron chi connectivity index (χ1n) is 8.56. The van der Waals surface area contributed by atoms with Crippen LogP contribution in [-0.4, -0.2) is 41.0 Å². The Labute approximate surface area is 147 Å². The second-order valence-electron chi connectivity index (χ2n) is 6.75. The fourth-order valence-electron chi connectivity index (χ4n) is 3.77. The van der Waals surface area contributed by atoms with Gasteiger partial charge >= 0.3 is 0 Å². The molecule has 1 saturated heterocycles. The highest BCUT2D eigenvalue weighted by Crippen LogP contribution is 2.32. The summed E-state index contributed by atoms with van der Waals surface area (Å²) in [5, 5.41) is 8.00. The molecule has 3 heterocycles. The first-order chi connectivity index (χ1) is 12.0. The van der Waals surface area contributed by atoms with E-state index in [0.717, 1.165) is 18.4 Å². The monoisotopic (exact) mass is 358 g/mol. The molecular weight excluding hydrogens is 336 g/mol. The van der Waals surface area contributed by atoms with Gasteiger partial charge in [0, 0.05) is 30.2 Å². The number of piperidine rings is 1. The Morgan fingerprint density at radius 2 is 1.88 bits per heavy atom. The second kappa shape index (κ2) is 6.00. The molecule has 132 valence electrons. The topological polar surface area (TPSA) is 81.8 Å². The number of rotatable bonds is 3. The molecule has 0 bridgehead atoms. The third kappa shape index (κ3) is 2.77. The van der Waals surface area contributed by atoms with Gasteiger partial charge in [0.25, 0.3) is 0 Å². The van der Waals surface area contributed by atoms with Crippen molar-refractivity contribution in [3.8, 4) is 0 Å². The summed E-state index contributed by atoms with van der Waals surface area (Å²) in [5.74, 6) is 0.366. The number of benzene rings is 1. The van der Waals surface area contributed by atoms with Gasteiger partial charge in [-0.1, -0.05) is 18.2 Å². The highest BCUT2D eigenvalue weighted by atomic mass is 32.2. The quantitative estimate of drug-likeness (QED) is 0.755. The summed E-state index contributed by atoms with van der Waals surface area (Å²) in [6.07, 6.45) is 1.64. The number of H-pyrrole nitrogens is 2. The molecule has 6 nitrogen and oxygen atoms in total. The molecule has 1 fully saturated rings. The molecule has 0 radical (unpaired) electrons. The first kappa shape index (κ1) is 16.4. The Morgan fingerprint density at radius 1 is 1.16 bits per heavy atom. The van der Waals surface area contributed by atoms with E-state index in [9.17, 15) is 8.42 Å². The van der Waals surface area contributed by atoms with E-state index in [2.05, 4.69) is 33.4 Å². The summed E-state index contributed by atoms with van der Waals surface area (Å²) >= 11 is 0. The minimum absolute atomic E-state index is 0.330. The van der Waals surface area contributed by atoms with E-state index in [-0.39, 0.29) is 0 Å². The average Bonchev–Trinajstić information content (AvgIpc) is 3.18. The number of hydrogen-bond acceptors (Lipinski definition) is 3. The van der Waals surface area contributed by atoms with Crippen molar-refractivity contribution in [3.05, 3.63) is 47.4 Å². The summed E-state index contributed by atoms with van der Waals surface area (Å²) in [6, 6.07) is 10.4. The zero-order valence-electron chi connectivity index (χ0n) is 14.4. The van der Waals surface area contributed by atoms with Gasteiger partial charge in [-0.3, -0.25) is 5.10 Å². The summed E-state index contributed by atoms with van der Waals surface area (Å²) in [4.78, 5) is 3.81. The number of hydrogen-bond donors (Lipinski definition) is 2. The highest BCUT2D eigenvalue weighted by Gasteiger charge is 2.33. The summed E-state index contributed by atoms with van der Waals surface area (Å²) in [6.45, 7) is 4.55. The predicted octanol–water partition coefficient (Wildman–Crippen LogP) is 3.08. The lowest BCUT2D eigenvalue weighted by atomic mass is 9.95. The van der Waals surface area contributed by atoms with Crippen LogP contribution in [0.1, 0.15) is 35.8 Å². The Kier molecular flexibility index (Phi) is 3.92. The van der Waals surface area contributed by atoms with Crippen molar-refractivity contribution in [2.75, 3.05) is 13.1 Å². The van der Waals surface area contributed by atoms with Crippen LogP contribution in [-0.2, 0) is 10.0 Å². The van der Waals surface area contributed by atoms with E-state index >= 15 is 0 Å². The van der Waals surface area contributed by atoms with E-state index in [1.807, 2.05) is 12.1 Å². The van der Waals surface area contributed by atoms with E-state index in [4.69, 9.17) is 0 Å². The molecule has 1 aromatic carbocycles. The molecule has 1 aliphatic heterocycles. The van der Waals surface area contributed by atoms with E-state index < -0.39 is 10.0 Å². The summed E-state index contributed by atoms with van der Waals surface area (Å²) in [5.41, 5.74) is 3.48. The number of fused-ring (bicyclic) bond motifs is 1. The SMILES string of the molecule is Cc1n[nH]c(C)c1S(=O)(=O)N1CCC(c2cc3ccccc3[nH]2)CC1. The molecule has 3 aromatic rings. The molecule has 25 heavy (non-hydrogen) atoms. The molecule has 1 aliphatic rings. The molecule has 0 amide bonds. The Hall–Kier alpha value is -2.12. The second-order valence-corrected chi connectivity index (χ2v) is 8.63. The van der Waals surface area contributed by atoms with Gasteiger partial charge in [-0.05, 0) is 44.2 Å². The van der Waals surface area contributed by atoms with Gasteiger partial charge in [-0.15, -0.1) is 0 Å². The molecule has 0 aliphatic carbocycles. The molecule has 0 atom stereocenters. The van der Waals surface area contributed by atoms with Crippen LogP contribution in [0.2, 0.25) is 0 Å². The molecule has 0 spiro atoms. The van der Waals surface area contributed by atoms with Crippen LogP contribution in [0.3, 0.4) is 0 Å². The number of aryl methyl sites for hydroxylation is 2. The normalized spacial score (nSPS) is 17.4. The average molecular weight is 358 g/mol. The third-order valence-corrected chi connectivity index (χ3v) is 7.27. The van der Waals surface area contributed by atoms with Crippen LogP contribution in [0.25, 0.3) is 10.9 Å². The molecular formula is C18H22N4O2S. The number of aromatic nitrogens is 3. The van der Waals surface area contributed by atoms with E-state index in [1.54, 1.807) is 18.2 Å². The highest BCUT2D eigenvalue weighted by molar-refractivity contribution is 7.89. The zero-order valence-corrected chi connectivity index (χ0v) is 15.2. The van der Waals surface area contributed by atoms with E-state index in [0.29, 0.717) is 35.3 Å². The molecule has 7 heteroatoms. The summed E-state index contributed by atoms with van der Waals surface area (Å²) < 4.78 is 27.5. The van der Waals surface area contributed by atoms with Crippen molar-refractivity contribution in [1.82, 2.24) is 19.5 Å². The first-order valence-corrected chi connectivity index (χ1v) is 10.00. The van der Waals surface area contributed by atoms with Crippen LogP contribution >= 0.6 is 0 Å². The molecule has 0 saturated carbocycles. The third-order valence-electron chi connectivity index (χ3n) is 5.10. The smallest absolute Gasteiger partial charge is 0.246 e. The lowest BCUT2D eigenvalue weighted by molar-refractivity contribution is 0.317. The number of aromatic amines is 2. The Balaban J connectivity index is 1.53. The van der Waals surface area contributed by atoms with Crippen LogP contribution in [0.5, 0.6) is 0 Å². The van der Waals surface area contributed by atoms with Crippen LogP contribution < -0.4 is 0 Å². The number of nitrogens with one attached hydrogen (secondary N) is 2. The fraction of sp³-hybridized carbons (Fsp3) is 0.389. The Morgan fingerprint density at radius 3 is 2.52 bits per heavy atom. The molecule has 2 aromatic heterocycles. The number of nitrogens with zero attached hydrogens (tertiary/aromatic N) is 2. The largest absolute Gasteiger partial charge is 0.358 e.